The molecule has 1 aromatic heterocycles. The molecule has 0 aliphatic rings. The van der Waals surface area contributed by atoms with Gasteiger partial charge >= 0.3 is 0 Å². The van der Waals surface area contributed by atoms with Crippen molar-refractivity contribution in [2.24, 2.45) is 0 Å². The Kier molecular flexibility index (Phi) is 6.32. The van der Waals surface area contributed by atoms with Crippen molar-refractivity contribution in [2.45, 2.75) is 13.1 Å². The van der Waals surface area contributed by atoms with Crippen molar-refractivity contribution >= 4 is 27.7 Å². The molecule has 0 spiro atoms. The molecule has 138 valence electrons. The first-order chi connectivity index (χ1) is 13.1. The van der Waals surface area contributed by atoms with E-state index in [9.17, 15) is 9.59 Å². The van der Waals surface area contributed by atoms with Gasteiger partial charge in [0, 0.05) is 16.6 Å². The first-order valence-electron chi connectivity index (χ1n) is 8.31. The third kappa shape index (κ3) is 5.75. The number of nitrogens with one attached hydrogen (secondary N) is 2. The van der Waals surface area contributed by atoms with Gasteiger partial charge in [-0.05, 0) is 29.3 Å². The van der Waals surface area contributed by atoms with Gasteiger partial charge < -0.3 is 10.6 Å². The van der Waals surface area contributed by atoms with Gasteiger partial charge in [0.05, 0.1) is 13.1 Å². The second kappa shape index (κ2) is 9.09. The molecule has 0 saturated carbocycles. The maximum absolute atomic E-state index is 12.0. The van der Waals surface area contributed by atoms with E-state index in [1.54, 1.807) is 29.2 Å². The monoisotopic (exact) mass is 427 g/mol. The molecule has 0 aliphatic heterocycles. The van der Waals surface area contributed by atoms with Crippen molar-refractivity contribution in [1.82, 2.24) is 25.4 Å². The Labute approximate surface area is 164 Å². The number of aromatic nitrogens is 3. The fourth-order valence-corrected chi connectivity index (χ4v) is 2.82. The first-order valence-corrected chi connectivity index (χ1v) is 9.10. The SMILES string of the molecule is O=C(CNC(=O)c1cccc(Br)c1)NCc1ccc(Cn2cncn2)cc1. The van der Waals surface area contributed by atoms with Crippen LogP contribution in [-0.4, -0.2) is 33.1 Å². The van der Waals surface area contributed by atoms with Gasteiger partial charge in [0.2, 0.25) is 5.91 Å². The van der Waals surface area contributed by atoms with E-state index in [0.29, 0.717) is 18.7 Å². The lowest BCUT2D eigenvalue weighted by Gasteiger charge is -2.08. The molecule has 0 atom stereocenters. The van der Waals surface area contributed by atoms with Gasteiger partial charge in [0.1, 0.15) is 12.7 Å². The number of benzene rings is 2. The molecule has 0 aliphatic carbocycles. The fourth-order valence-electron chi connectivity index (χ4n) is 2.42. The molecular weight excluding hydrogens is 410 g/mol. The highest BCUT2D eigenvalue weighted by Gasteiger charge is 2.08. The zero-order valence-corrected chi connectivity index (χ0v) is 16.0. The lowest BCUT2D eigenvalue weighted by atomic mass is 10.1. The number of carbonyl (C=O) groups excluding carboxylic acids is 2. The minimum absolute atomic E-state index is 0.0737. The van der Waals surface area contributed by atoms with Crippen LogP contribution < -0.4 is 10.6 Å². The van der Waals surface area contributed by atoms with Gasteiger partial charge in [-0.15, -0.1) is 0 Å². The number of halogens is 1. The van der Waals surface area contributed by atoms with Crippen LogP contribution in [0.3, 0.4) is 0 Å². The molecule has 1 heterocycles. The highest BCUT2D eigenvalue weighted by molar-refractivity contribution is 9.10. The third-order valence-corrected chi connectivity index (χ3v) is 4.31. The minimum Gasteiger partial charge on any atom is -0.350 e. The molecule has 0 fully saturated rings. The summed E-state index contributed by atoms with van der Waals surface area (Å²) in [4.78, 5) is 27.9. The molecule has 0 unspecified atom stereocenters. The summed E-state index contributed by atoms with van der Waals surface area (Å²) in [5.41, 5.74) is 2.57. The average Bonchev–Trinajstić information content (AvgIpc) is 3.18. The maximum atomic E-state index is 12.0. The number of nitrogens with zero attached hydrogens (tertiary/aromatic N) is 3. The summed E-state index contributed by atoms with van der Waals surface area (Å²) in [5, 5.41) is 9.47. The van der Waals surface area contributed by atoms with Crippen LogP contribution in [0.15, 0.2) is 65.7 Å². The van der Waals surface area contributed by atoms with Crippen LogP contribution >= 0.6 is 15.9 Å². The van der Waals surface area contributed by atoms with Gasteiger partial charge in [-0.3, -0.25) is 9.59 Å². The molecule has 0 radical (unpaired) electrons. The summed E-state index contributed by atoms with van der Waals surface area (Å²) in [6, 6.07) is 14.9. The molecule has 2 amide bonds. The molecule has 2 aromatic carbocycles. The van der Waals surface area contributed by atoms with Crippen molar-refractivity contribution < 1.29 is 9.59 Å². The molecule has 2 N–H and O–H groups in total. The zero-order chi connectivity index (χ0) is 19.1. The predicted octanol–water partition coefficient (Wildman–Crippen LogP) is 2.14. The third-order valence-electron chi connectivity index (χ3n) is 3.82. The Morgan fingerprint density at radius 1 is 1.04 bits per heavy atom. The summed E-state index contributed by atoms with van der Waals surface area (Å²) in [6.45, 7) is 0.971. The van der Waals surface area contributed by atoms with E-state index >= 15 is 0 Å². The Bertz CT molecular complexity index is 910. The van der Waals surface area contributed by atoms with E-state index in [-0.39, 0.29) is 18.4 Å². The topological polar surface area (TPSA) is 88.9 Å². The van der Waals surface area contributed by atoms with E-state index in [1.165, 1.54) is 6.33 Å². The van der Waals surface area contributed by atoms with Crippen LogP contribution in [0.1, 0.15) is 21.5 Å². The number of rotatable bonds is 7. The van der Waals surface area contributed by atoms with Gasteiger partial charge in [0.25, 0.3) is 5.91 Å². The number of carbonyl (C=O) groups is 2. The first kappa shape index (κ1) is 18.8. The van der Waals surface area contributed by atoms with E-state index in [1.807, 2.05) is 30.3 Å². The summed E-state index contributed by atoms with van der Waals surface area (Å²) in [7, 11) is 0. The van der Waals surface area contributed by atoms with E-state index in [0.717, 1.165) is 15.6 Å². The van der Waals surface area contributed by atoms with Crippen LogP contribution in [-0.2, 0) is 17.9 Å². The van der Waals surface area contributed by atoms with Crippen molar-refractivity contribution in [3.05, 3.63) is 82.3 Å². The van der Waals surface area contributed by atoms with E-state index in [2.05, 4.69) is 36.6 Å². The maximum Gasteiger partial charge on any atom is 0.251 e. The summed E-state index contributed by atoms with van der Waals surface area (Å²) >= 11 is 3.32. The minimum atomic E-state index is -0.288. The summed E-state index contributed by atoms with van der Waals surface area (Å²) < 4.78 is 2.55. The standard InChI is InChI=1S/C19H18BrN5O2/c20-17-3-1-2-16(8-17)19(27)23-10-18(26)22-9-14-4-6-15(7-5-14)11-25-13-21-12-24-25/h1-8,12-13H,9-11H2,(H,22,26)(H,23,27). The number of hydrogen-bond acceptors (Lipinski definition) is 4. The van der Waals surface area contributed by atoms with Crippen LogP contribution in [0.25, 0.3) is 0 Å². The Morgan fingerprint density at radius 2 is 1.81 bits per heavy atom. The largest absolute Gasteiger partial charge is 0.350 e. The molecule has 3 rings (SSSR count). The van der Waals surface area contributed by atoms with Gasteiger partial charge in [0.15, 0.2) is 0 Å². The average molecular weight is 428 g/mol. The normalized spacial score (nSPS) is 10.4. The molecule has 0 saturated heterocycles. The summed E-state index contributed by atoms with van der Waals surface area (Å²) in [5.74, 6) is -0.533. The van der Waals surface area contributed by atoms with Crippen LogP contribution in [0.5, 0.6) is 0 Å². The van der Waals surface area contributed by atoms with Crippen LogP contribution in [0.4, 0.5) is 0 Å². The quantitative estimate of drug-likeness (QED) is 0.604. The smallest absolute Gasteiger partial charge is 0.251 e. The molecule has 0 bridgehead atoms. The lowest BCUT2D eigenvalue weighted by molar-refractivity contribution is -0.120. The van der Waals surface area contributed by atoms with Crippen molar-refractivity contribution in [3.8, 4) is 0 Å². The molecule has 8 heteroatoms. The second-order valence-electron chi connectivity index (χ2n) is 5.88. The zero-order valence-electron chi connectivity index (χ0n) is 14.4. The fraction of sp³-hybridized carbons (Fsp3) is 0.158. The lowest BCUT2D eigenvalue weighted by Crippen LogP contribution is -2.36. The highest BCUT2D eigenvalue weighted by atomic mass is 79.9. The molecule has 27 heavy (non-hydrogen) atoms. The van der Waals surface area contributed by atoms with Gasteiger partial charge in [-0.2, -0.15) is 5.10 Å². The van der Waals surface area contributed by atoms with Crippen molar-refractivity contribution in [3.63, 3.8) is 0 Å². The highest BCUT2D eigenvalue weighted by Crippen LogP contribution is 2.11. The summed E-state index contributed by atoms with van der Waals surface area (Å²) in [6.07, 6.45) is 3.16. The van der Waals surface area contributed by atoms with Crippen molar-refractivity contribution in [2.75, 3.05) is 6.54 Å². The number of hydrogen-bond donors (Lipinski definition) is 2. The Balaban J connectivity index is 1.43. The molecule has 7 nitrogen and oxygen atoms in total. The number of amides is 2. The Hall–Kier alpha value is -3.00. The van der Waals surface area contributed by atoms with Crippen molar-refractivity contribution in [1.29, 1.82) is 0 Å². The Morgan fingerprint density at radius 3 is 2.52 bits per heavy atom. The second-order valence-corrected chi connectivity index (χ2v) is 6.79. The van der Waals surface area contributed by atoms with E-state index < -0.39 is 0 Å². The van der Waals surface area contributed by atoms with Crippen LogP contribution in [0.2, 0.25) is 0 Å². The van der Waals surface area contributed by atoms with Gasteiger partial charge in [-0.25, -0.2) is 9.67 Å². The van der Waals surface area contributed by atoms with Gasteiger partial charge in [-0.1, -0.05) is 46.3 Å². The molecular formula is C19H18BrN5O2. The predicted molar refractivity (Wildman–Crippen MR) is 104 cm³/mol. The van der Waals surface area contributed by atoms with E-state index in [4.69, 9.17) is 0 Å². The van der Waals surface area contributed by atoms with Crippen LogP contribution in [0, 0.1) is 0 Å². The molecule has 3 aromatic rings.